The van der Waals surface area contributed by atoms with Gasteiger partial charge in [0.2, 0.25) is 17.6 Å². The van der Waals surface area contributed by atoms with Gasteiger partial charge in [-0.15, -0.1) is 0 Å². The molecule has 2 aromatic carbocycles. The van der Waals surface area contributed by atoms with E-state index in [-0.39, 0.29) is 11.8 Å². The van der Waals surface area contributed by atoms with E-state index < -0.39 is 0 Å². The van der Waals surface area contributed by atoms with Crippen molar-refractivity contribution < 1.29 is 14.1 Å². The van der Waals surface area contributed by atoms with Crippen molar-refractivity contribution in [3.63, 3.8) is 0 Å². The summed E-state index contributed by atoms with van der Waals surface area (Å²) in [5, 5.41) is 4.10. The van der Waals surface area contributed by atoms with Crippen LogP contribution in [0.4, 0.5) is 0 Å². The maximum absolute atomic E-state index is 12.4. The summed E-state index contributed by atoms with van der Waals surface area (Å²) in [7, 11) is 1.61. The van der Waals surface area contributed by atoms with Crippen LogP contribution in [0, 0.1) is 6.92 Å². The quantitative estimate of drug-likeness (QED) is 0.656. The molecule has 0 saturated carbocycles. The fraction of sp³-hybridized carbons (Fsp3) is 0.318. The van der Waals surface area contributed by atoms with Crippen LogP contribution in [0.5, 0.6) is 5.75 Å². The summed E-state index contributed by atoms with van der Waals surface area (Å²) in [4.78, 5) is 18.9. The van der Waals surface area contributed by atoms with Gasteiger partial charge in [0.1, 0.15) is 5.75 Å². The second-order valence-corrected chi connectivity index (χ2v) is 7.14. The van der Waals surface area contributed by atoms with E-state index in [4.69, 9.17) is 9.26 Å². The molecule has 2 heterocycles. The Bertz CT molecular complexity index is 982. The maximum atomic E-state index is 12.4. The predicted molar refractivity (Wildman–Crippen MR) is 105 cm³/mol. The zero-order chi connectivity index (χ0) is 19.5. The minimum Gasteiger partial charge on any atom is -0.496 e. The first-order chi connectivity index (χ1) is 13.6. The van der Waals surface area contributed by atoms with Gasteiger partial charge in [0.25, 0.3) is 0 Å². The molecule has 28 heavy (non-hydrogen) atoms. The molecule has 0 aliphatic carbocycles. The van der Waals surface area contributed by atoms with Crippen molar-refractivity contribution >= 4 is 5.91 Å². The number of hydrogen-bond donors (Lipinski definition) is 0. The summed E-state index contributed by atoms with van der Waals surface area (Å²) < 4.78 is 10.8. The van der Waals surface area contributed by atoms with Gasteiger partial charge in [-0.1, -0.05) is 47.1 Å². The Morgan fingerprint density at radius 1 is 1.21 bits per heavy atom. The smallest absolute Gasteiger partial charge is 0.232 e. The van der Waals surface area contributed by atoms with E-state index in [0.717, 1.165) is 12.0 Å². The van der Waals surface area contributed by atoms with Crippen LogP contribution in [0.3, 0.4) is 0 Å². The summed E-state index contributed by atoms with van der Waals surface area (Å²) in [5.41, 5.74) is 3.26. The van der Waals surface area contributed by atoms with Gasteiger partial charge in [0.15, 0.2) is 0 Å². The molecule has 1 saturated heterocycles. The number of aromatic nitrogens is 2. The van der Waals surface area contributed by atoms with Crippen molar-refractivity contribution in [2.45, 2.75) is 25.7 Å². The molecule has 1 aromatic heterocycles. The lowest BCUT2D eigenvalue weighted by Gasteiger charge is -2.16. The van der Waals surface area contributed by atoms with Gasteiger partial charge in [-0.05, 0) is 31.0 Å². The van der Waals surface area contributed by atoms with Crippen molar-refractivity contribution in [1.29, 1.82) is 0 Å². The molecule has 1 aliphatic heterocycles. The Morgan fingerprint density at radius 2 is 2.07 bits per heavy atom. The highest BCUT2D eigenvalue weighted by Gasteiger charge is 2.34. The molecule has 3 aromatic rings. The second kappa shape index (κ2) is 7.84. The summed E-state index contributed by atoms with van der Waals surface area (Å²) in [6, 6.07) is 15.9. The van der Waals surface area contributed by atoms with Gasteiger partial charge in [-0.2, -0.15) is 4.98 Å². The number of ether oxygens (including phenoxy) is 1. The molecule has 144 valence electrons. The van der Waals surface area contributed by atoms with Gasteiger partial charge in [-0.25, -0.2) is 0 Å². The first-order valence-corrected chi connectivity index (χ1v) is 9.44. The number of amides is 1. The van der Waals surface area contributed by atoms with Crippen LogP contribution in [0.15, 0.2) is 53.1 Å². The van der Waals surface area contributed by atoms with Crippen molar-refractivity contribution in [2.75, 3.05) is 20.2 Å². The lowest BCUT2D eigenvalue weighted by Crippen LogP contribution is -2.27. The number of likely N-dealkylation sites (tertiary alicyclic amines) is 1. The molecule has 0 bridgehead atoms. The zero-order valence-corrected chi connectivity index (χ0v) is 16.1. The Morgan fingerprint density at radius 3 is 2.89 bits per heavy atom. The van der Waals surface area contributed by atoms with Crippen LogP contribution in [-0.2, 0) is 11.2 Å². The van der Waals surface area contributed by atoms with E-state index in [1.165, 1.54) is 11.1 Å². The van der Waals surface area contributed by atoms with Gasteiger partial charge in [-0.3, -0.25) is 4.79 Å². The molecule has 1 atom stereocenters. The Labute approximate surface area is 164 Å². The van der Waals surface area contributed by atoms with Crippen LogP contribution in [0.2, 0.25) is 0 Å². The van der Waals surface area contributed by atoms with Gasteiger partial charge in [0.05, 0.1) is 18.6 Å². The van der Waals surface area contributed by atoms with Crippen LogP contribution >= 0.6 is 0 Å². The molecule has 6 heteroatoms. The lowest BCUT2D eigenvalue weighted by atomic mass is 10.1. The summed E-state index contributed by atoms with van der Waals surface area (Å²) in [5.74, 6) is 1.75. The molecule has 0 radical (unpaired) electrons. The van der Waals surface area contributed by atoms with Crippen molar-refractivity contribution in [3.8, 4) is 17.1 Å². The van der Waals surface area contributed by atoms with Crippen LogP contribution in [0.1, 0.15) is 29.4 Å². The largest absolute Gasteiger partial charge is 0.496 e. The number of hydrogen-bond acceptors (Lipinski definition) is 5. The third kappa shape index (κ3) is 3.76. The molecule has 0 N–H and O–H groups in total. The highest BCUT2D eigenvalue weighted by atomic mass is 16.5. The topological polar surface area (TPSA) is 68.5 Å². The highest BCUT2D eigenvalue weighted by molar-refractivity contribution is 5.79. The molecular weight excluding hydrogens is 354 g/mol. The molecule has 6 nitrogen and oxygen atoms in total. The average Bonchev–Trinajstić information content (AvgIpc) is 3.33. The van der Waals surface area contributed by atoms with Crippen LogP contribution in [-0.4, -0.2) is 41.1 Å². The van der Waals surface area contributed by atoms with Crippen LogP contribution < -0.4 is 4.74 Å². The predicted octanol–water partition coefficient (Wildman–Crippen LogP) is 3.61. The number of benzene rings is 2. The number of para-hydroxylation sites is 1. The minimum atomic E-state index is -0.0685. The van der Waals surface area contributed by atoms with E-state index in [9.17, 15) is 4.79 Å². The standard InChI is InChI=1S/C22H23N3O3/c1-15-6-5-7-16(12-15)10-11-25-14-17(13-20(25)26)22-23-21(24-28-22)18-8-3-4-9-19(18)27-2/h3-9,12,17H,10-11,13-14H2,1-2H3. The molecular formula is C22H23N3O3. The Hall–Kier alpha value is -3.15. The maximum Gasteiger partial charge on any atom is 0.232 e. The van der Waals surface area contributed by atoms with Crippen molar-refractivity contribution in [2.24, 2.45) is 0 Å². The SMILES string of the molecule is COc1ccccc1-c1noc(C2CC(=O)N(CCc3cccc(C)c3)C2)n1. The van der Waals surface area contributed by atoms with Gasteiger partial charge in [0, 0.05) is 19.5 Å². The van der Waals surface area contributed by atoms with E-state index in [1.54, 1.807) is 7.11 Å². The van der Waals surface area contributed by atoms with Crippen LogP contribution in [0.25, 0.3) is 11.4 Å². The molecule has 1 fully saturated rings. The third-order valence-corrected chi connectivity index (χ3v) is 5.11. The summed E-state index contributed by atoms with van der Waals surface area (Å²) in [6.07, 6.45) is 1.25. The Kier molecular flexibility index (Phi) is 5.10. The average molecular weight is 377 g/mol. The number of carbonyl (C=O) groups excluding carboxylic acids is 1. The number of nitrogens with zero attached hydrogens (tertiary/aromatic N) is 3. The number of carbonyl (C=O) groups is 1. The minimum absolute atomic E-state index is 0.0685. The first kappa shape index (κ1) is 18.2. The Balaban J connectivity index is 1.43. The number of rotatable bonds is 6. The normalized spacial score (nSPS) is 16.6. The van der Waals surface area contributed by atoms with Gasteiger partial charge < -0.3 is 14.2 Å². The molecule has 4 rings (SSSR count). The number of methoxy groups -OCH3 is 1. The van der Waals surface area contributed by atoms with E-state index in [0.29, 0.717) is 37.0 Å². The van der Waals surface area contributed by atoms with E-state index >= 15 is 0 Å². The lowest BCUT2D eigenvalue weighted by molar-refractivity contribution is -0.127. The molecule has 1 unspecified atom stereocenters. The van der Waals surface area contributed by atoms with Crippen molar-refractivity contribution in [3.05, 3.63) is 65.5 Å². The zero-order valence-electron chi connectivity index (χ0n) is 16.1. The fourth-order valence-corrected chi connectivity index (χ4v) is 3.63. The fourth-order valence-electron chi connectivity index (χ4n) is 3.63. The summed E-state index contributed by atoms with van der Waals surface area (Å²) in [6.45, 7) is 3.39. The molecule has 1 aliphatic rings. The molecule has 0 spiro atoms. The number of aryl methyl sites for hydroxylation is 1. The highest BCUT2D eigenvalue weighted by Crippen LogP contribution is 2.31. The first-order valence-electron chi connectivity index (χ1n) is 9.44. The molecule has 1 amide bonds. The van der Waals surface area contributed by atoms with Crippen molar-refractivity contribution in [1.82, 2.24) is 15.0 Å². The summed E-state index contributed by atoms with van der Waals surface area (Å²) >= 11 is 0. The monoisotopic (exact) mass is 377 g/mol. The second-order valence-electron chi connectivity index (χ2n) is 7.14. The van der Waals surface area contributed by atoms with Gasteiger partial charge >= 0.3 is 0 Å². The third-order valence-electron chi connectivity index (χ3n) is 5.11. The van der Waals surface area contributed by atoms with E-state index in [1.807, 2.05) is 29.2 Å². The van der Waals surface area contributed by atoms with E-state index in [2.05, 4.69) is 41.3 Å².